The summed E-state index contributed by atoms with van der Waals surface area (Å²) in [6.45, 7) is 3.07. The number of amides is 1. The van der Waals surface area contributed by atoms with Crippen LogP contribution < -0.4 is 5.32 Å². The van der Waals surface area contributed by atoms with Crippen LogP contribution in [-0.4, -0.2) is 43.2 Å². The number of aliphatic hydroxyl groups is 1. The minimum absolute atomic E-state index is 0.0305. The zero-order chi connectivity index (χ0) is 10.4. The lowest BCUT2D eigenvalue weighted by Crippen LogP contribution is -2.51. The Bertz CT molecular complexity index is 189. The number of rotatable bonds is 3. The van der Waals surface area contributed by atoms with E-state index < -0.39 is 6.09 Å². The van der Waals surface area contributed by atoms with Crippen LogP contribution in [0.4, 0.5) is 4.79 Å². The van der Waals surface area contributed by atoms with Gasteiger partial charge in [-0.05, 0) is 19.8 Å². The van der Waals surface area contributed by atoms with Crippen molar-refractivity contribution in [1.29, 1.82) is 0 Å². The number of carbonyl (C=O) groups is 1. The van der Waals surface area contributed by atoms with Crippen LogP contribution in [0.5, 0.6) is 0 Å². The third-order valence-electron chi connectivity index (χ3n) is 2.17. The second-order valence-electron chi connectivity index (χ2n) is 3.70. The van der Waals surface area contributed by atoms with E-state index in [1.165, 1.54) is 0 Å². The van der Waals surface area contributed by atoms with Gasteiger partial charge in [-0.3, -0.25) is 0 Å². The Balaban J connectivity index is 2.29. The Hall–Kier alpha value is -0.810. The summed E-state index contributed by atoms with van der Waals surface area (Å²) >= 11 is 0. The van der Waals surface area contributed by atoms with Gasteiger partial charge in [-0.2, -0.15) is 0 Å². The molecule has 2 N–H and O–H groups in total. The van der Waals surface area contributed by atoms with Gasteiger partial charge in [0.1, 0.15) is 6.61 Å². The maximum absolute atomic E-state index is 11.2. The van der Waals surface area contributed by atoms with Crippen molar-refractivity contribution in [3.8, 4) is 0 Å². The fourth-order valence-electron chi connectivity index (χ4n) is 1.45. The molecule has 1 unspecified atom stereocenters. The number of ether oxygens (including phenoxy) is 2. The average Bonchev–Trinajstić information content (AvgIpc) is 2.15. The van der Waals surface area contributed by atoms with Crippen molar-refractivity contribution in [2.45, 2.75) is 25.3 Å². The standard InChI is InChI=1S/C9H17NO4/c1-9(3-2-5-13-7-9)10-8(12)14-6-4-11/h11H,2-7H2,1H3,(H,10,12). The van der Waals surface area contributed by atoms with E-state index >= 15 is 0 Å². The summed E-state index contributed by atoms with van der Waals surface area (Å²) in [5.41, 5.74) is -0.329. The van der Waals surface area contributed by atoms with E-state index in [0.717, 1.165) is 19.4 Å². The van der Waals surface area contributed by atoms with Crippen LogP contribution in [0.2, 0.25) is 0 Å². The largest absolute Gasteiger partial charge is 0.447 e. The Labute approximate surface area is 83.4 Å². The number of carbonyl (C=O) groups excluding carboxylic acids is 1. The number of nitrogens with one attached hydrogen (secondary N) is 1. The van der Waals surface area contributed by atoms with Crippen LogP contribution in [-0.2, 0) is 9.47 Å². The molecule has 5 nitrogen and oxygen atoms in total. The summed E-state index contributed by atoms with van der Waals surface area (Å²) in [5, 5.41) is 11.2. The molecule has 1 atom stereocenters. The monoisotopic (exact) mass is 203 g/mol. The molecule has 82 valence electrons. The van der Waals surface area contributed by atoms with E-state index in [1.807, 2.05) is 6.92 Å². The van der Waals surface area contributed by atoms with Crippen molar-refractivity contribution >= 4 is 6.09 Å². The van der Waals surface area contributed by atoms with Crippen molar-refractivity contribution in [2.75, 3.05) is 26.4 Å². The van der Waals surface area contributed by atoms with E-state index in [-0.39, 0.29) is 18.8 Å². The van der Waals surface area contributed by atoms with Crippen molar-refractivity contribution < 1.29 is 19.4 Å². The summed E-state index contributed by atoms with van der Waals surface area (Å²) < 4.78 is 9.97. The van der Waals surface area contributed by atoms with Gasteiger partial charge in [0, 0.05) is 6.61 Å². The number of aliphatic hydroxyl groups excluding tert-OH is 1. The fourth-order valence-corrected chi connectivity index (χ4v) is 1.45. The van der Waals surface area contributed by atoms with Crippen molar-refractivity contribution in [3.63, 3.8) is 0 Å². The van der Waals surface area contributed by atoms with Gasteiger partial charge in [0.25, 0.3) is 0 Å². The molecule has 1 saturated heterocycles. The molecule has 0 bridgehead atoms. The van der Waals surface area contributed by atoms with E-state index in [9.17, 15) is 4.79 Å². The second-order valence-corrected chi connectivity index (χ2v) is 3.70. The van der Waals surface area contributed by atoms with Gasteiger partial charge in [-0.1, -0.05) is 0 Å². The molecule has 0 radical (unpaired) electrons. The normalized spacial score (nSPS) is 27.0. The molecule has 0 saturated carbocycles. The first-order valence-corrected chi connectivity index (χ1v) is 4.80. The molecule has 0 aromatic rings. The summed E-state index contributed by atoms with van der Waals surface area (Å²) in [5.74, 6) is 0. The fraction of sp³-hybridized carbons (Fsp3) is 0.889. The highest BCUT2D eigenvalue weighted by atomic mass is 16.6. The number of hydrogen-bond acceptors (Lipinski definition) is 4. The Kier molecular flexibility index (Phi) is 4.16. The maximum atomic E-state index is 11.2. The predicted octanol–water partition coefficient (Wildman–Crippen LogP) is 0.274. The van der Waals surface area contributed by atoms with Crippen LogP contribution in [0, 0.1) is 0 Å². The average molecular weight is 203 g/mol. The summed E-state index contributed by atoms with van der Waals surface area (Å²) in [7, 11) is 0. The van der Waals surface area contributed by atoms with E-state index in [1.54, 1.807) is 0 Å². The van der Waals surface area contributed by atoms with E-state index in [4.69, 9.17) is 14.6 Å². The van der Waals surface area contributed by atoms with E-state index in [2.05, 4.69) is 5.32 Å². The molecule has 14 heavy (non-hydrogen) atoms. The Morgan fingerprint density at radius 3 is 3.07 bits per heavy atom. The van der Waals surface area contributed by atoms with Crippen molar-refractivity contribution in [1.82, 2.24) is 5.32 Å². The molecule has 1 heterocycles. The number of hydrogen-bond donors (Lipinski definition) is 2. The SMILES string of the molecule is CC1(NC(=O)OCCO)CCCOC1. The highest BCUT2D eigenvalue weighted by Gasteiger charge is 2.29. The molecular formula is C9H17NO4. The first kappa shape index (κ1) is 11.3. The van der Waals surface area contributed by atoms with Crippen molar-refractivity contribution in [2.24, 2.45) is 0 Å². The molecule has 0 aromatic carbocycles. The molecule has 1 aliphatic heterocycles. The lowest BCUT2D eigenvalue weighted by atomic mass is 9.95. The molecule has 1 amide bonds. The third kappa shape index (κ3) is 3.51. The van der Waals surface area contributed by atoms with Gasteiger partial charge in [0.05, 0.1) is 18.8 Å². The Morgan fingerprint density at radius 1 is 1.71 bits per heavy atom. The molecule has 0 spiro atoms. The highest BCUT2D eigenvalue weighted by molar-refractivity contribution is 5.68. The quantitative estimate of drug-likeness (QED) is 0.691. The molecule has 1 rings (SSSR count). The summed E-state index contributed by atoms with van der Waals surface area (Å²) in [6.07, 6.45) is 1.34. The van der Waals surface area contributed by atoms with Gasteiger partial charge in [-0.15, -0.1) is 0 Å². The highest BCUT2D eigenvalue weighted by Crippen LogP contribution is 2.18. The zero-order valence-electron chi connectivity index (χ0n) is 8.41. The van der Waals surface area contributed by atoms with Gasteiger partial charge < -0.3 is 19.9 Å². The van der Waals surface area contributed by atoms with E-state index in [0.29, 0.717) is 6.61 Å². The minimum Gasteiger partial charge on any atom is -0.447 e. The minimum atomic E-state index is -0.493. The second kappa shape index (κ2) is 5.17. The third-order valence-corrected chi connectivity index (χ3v) is 2.17. The van der Waals surface area contributed by atoms with Gasteiger partial charge in [0.15, 0.2) is 0 Å². The Morgan fingerprint density at radius 2 is 2.50 bits per heavy atom. The molecular weight excluding hydrogens is 186 g/mol. The molecule has 5 heteroatoms. The molecule has 1 aliphatic rings. The summed E-state index contributed by atoms with van der Waals surface area (Å²) in [6, 6.07) is 0. The van der Waals surface area contributed by atoms with Gasteiger partial charge in [0.2, 0.25) is 0 Å². The first-order chi connectivity index (χ1) is 6.66. The first-order valence-electron chi connectivity index (χ1n) is 4.80. The molecule has 1 fully saturated rings. The van der Waals surface area contributed by atoms with Crippen LogP contribution >= 0.6 is 0 Å². The van der Waals surface area contributed by atoms with Crippen LogP contribution in [0.3, 0.4) is 0 Å². The van der Waals surface area contributed by atoms with Crippen LogP contribution in [0.15, 0.2) is 0 Å². The van der Waals surface area contributed by atoms with Gasteiger partial charge in [-0.25, -0.2) is 4.79 Å². The predicted molar refractivity (Wildman–Crippen MR) is 50.0 cm³/mol. The lowest BCUT2D eigenvalue weighted by Gasteiger charge is -2.33. The topological polar surface area (TPSA) is 67.8 Å². The maximum Gasteiger partial charge on any atom is 0.407 e. The summed E-state index contributed by atoms with van der Waals surface area (Å²) in [4.78, 5) is 11.2. The molecule has 0 aliphatic carbocycles. The smallest absolute Gasteiger partial charge is 0.407 e. The lowest BCUT2D eigenvalue weighted by molar-refractivity contribution is 0.0246. The number of alkyl carbamates (subject to hydrolysis) is 1. The zero-order valence-corrected chi connectivity index (χ0v) is 8.41. The van der Waals surface area contributed by atoms with Crippen molar-refractivity contribution in [3.05, 3.63) is 0 Å². The van der Waals surface area contributed by atoms with Crippen LogP contribution in [0.1, 0.15) is 19.8 Å². The van der Waals surface area contributed by atoms with Gasteiger partial charge >= 0.3 is 6.09 Å². The molecule has 0 aromatic heterocycles. The van der Waals surface area contributed by atoms with Crippen LogP contribution in [0.25, 0.3) is 0 Å².